The second kappa shape index (κ2) is 6.87. The summed E-state index contributed by atoms with van der Waals surface area (Å²) in [5.74, 6) is -0.654. The van der Waals surface area contributed by atoms with Crippen LogP contribution in [0.3, 0.4) is 0 Å². The standard InChI is InChI=1S/C16H16ClF2NO/c1-20-14(12-7-6-11(17)9-13(12)18)8-10-4-3-5-15(21-2)16(10)19/h3-7,9,14,20H,8H2,1-2H3. The molecule has 0 saturated carbocycles. The fourth-order valence-electron chi connectivity index (χ4n) is 2.24. The van der Waals surface area contributed by atoms with Gasteiger partial charge in [-0.1, -0.05) is 29.8 Å². The molecule has 2 rings (SSSR count). The van der Waals surface area contributed by atoms with Gasteiger partial charge in [-0.05, 0) is 37.2 Å². The molecule has 1 N–H and O–H groups in total. The number of rotatable bonds is 5. The molecule has 0 aromatic heterocycles. The minimum atomic E-state index is -0.422. The van der Waals surface area contributed by atoms with E-state index in [2.05, 4.69) is 5.32 Å². The molecule has 0 saturated heterocycles. The molecule has 21 heavy (non-hydrogen) atoms. The van der Waals surface area contributed by atoms with Crippen molar-refractivity contribution >= 4 is 11.6 Å². The molecule has 5 heteroatoms. The molecule has 0 fully saturated rings. The number of halogens is 3. The fraction of sp³-hybridized carbons (Fsp3) is 0.250. The first-order valence-electron chi connectivity index (χ1n) is 6.50. The van der Waals surface area contributed by atoms with Gasteiger partial charge in [-0.15, -0.1) is 0 Å². The highest BCUT2D eigenvalue weighted by molar-refractivity contribution is 6.30. The van der Waals surface area contributed by atoms with Gasteiger partial charge in [-0.25, -0.2) is 8.78 Å². The van der Waals surface area contributed by atoms with Crippen LogP contribution < -0.4 is 10.1 Å². The zero-order chi connectivity index (χ0) is 15.4. The van der Waals surface area contributed by atoms with Gasteiger partial charge in [0.15, 0.2) is 11.6 Å². The van der Waals surface area contributed by atoms with E-state index in [0.29, 0.717) is 22.6 Å². The molecule has 2 aromatic rings. The zero-order valence-electron chi connectivity index (χ0n) is 11.8. The van der Waals surface area contributed by atoms with Crippen LogP contribution in [-0.2, 0) is 6.42 Å². The molecule has 0 heterocycles. The molecule has 0 aliphatic carbocycles. The van der Waals surface area contributed by atoms with E-state index in [-0.39, 0.29) is 11.8 Å². The summed E-state index contributed by atoms with van der Waals surface area (Å²) < 4.78 is 33.1. The van der Waals surface area contributed by atoms with Gasteiger partial charge >= 0.3 is 0 Å². The highest BCUT2D eigenvalue weighted by Crippen LogP contribution is 2.27. The average Bonchev–Trinajstić information content (AvgIpc) is 2.47. The van der Waals surface area contributed by atoms with Gasteiger partial charge in [0.2, 0.25) is 0 Å². The number of nitrogens with one attached hydrogen (secondary N) is 1. The van der Waals surface area contributed by atoms with Crippen LogP contribution in [0.25, 0.3) is 0 Å². The minimum Gasteiger partial charge on any atom is -0.494 e. The lowest BCUT2D eigenvalue weighted by atomic mass is 9.98. The summed E-state index contributed by atoms with van der Waals surface area (Å²) in [6.45, 7) is 0. The second-order valence-corrected chi connectivity index (χ2v) is 5.08. The van der Waals surface area contributed by atoms with Crippen molar-refractivity contribution < 1.29 is 13.5 Å². The Balaban J connectivity index is 2.31. The Hall–Kier alpha value is -1.65. The molecule has 0 amide bonds. The molecule has 112 valence electrons. The van der Waals surface area contributed by atoms with E-state index in [0.717, 1.165) is 0 Å². The van der Waals surface area contributed by atoms with Gasteiger partial charge in [0.25, 0.3) is 0 Å². The van der Waals surface area contributed by atoms with Crippen LogP contribution in [0.2, 0.25) is 5.02 Å². The smallest absolute Gasteiger partial charge is 0.168 e. The third-order valence-corrected chi connectivity index (χ3v) is 3.61. The largest absolute Gasteiger partial charge is 0.494 e. The van der Waals surface area contributed by atoms with E-state index in [4.69, 9.17) is 16.3 Å². The summed E-state index contributed by atoms with van der Waals surface area (Å²) in [5, 5.41) is 3.33. The first-order valence-corrected chi connectivity index (χ1v) is 6.88. The van der Waals surface area contributed by atoms with Crippen molar-refractivity contribution in [3.05, 3.63) is 64.2 Å². The van der Waals surface area contributed by atoms with Crippen LogP contribution in [0.4, 0.5) is 8.78 Å². The predicted octanol–water partition coefficient (Wildman–Crippen LogP) is 4.13. The third kappa shape index (κ3) is 3.52. The van der Waals surface area contributed by atoms with Gasteiger partial charge in [0, 0.05) is 16.6 Å². The van der Waals surface area contributed by atoms with E-state index < -0.39 is 11.6 Å². The summed E-state index contributed by atoms with van der Waals surface area (Å²) in [5.41, 5.74) is 0.909. The fourth-order valence-corrected chi connectivity index (χ4v) is 2.40. The molecule has 1 atom stereocenters. The Morgan fingerprint density at radius 3 is 2.62 bits per heavy atom. The Labute approximate surface area is 127 Å². The highest BCUT2D eigenvalue weighted by Gasteiger charge is 2.18. The average molecular weight is 312 g/mol. The topological polar surface area (TPSA) is 21.3 Å². The third-order valence-electron chi connectivity index (χ3n) is 3.37. The van der Waals surface area contributed by atoms with Crippen LogP contribution in [0.5, 0.6) is 5.75 Å². The Morgan fingerprint density at radius 2 is 2.00 bits per heavy atom. The maximum Gasteiger partial charge on any atom is 0.168 e. The number of hydrogen-bond acceptors (Lipinski definition) is 2. The number of ether oxygens (including phenoxy) is 1. The van der Waals surface area contributed by atoms with Crippen molar-refractivity contribution in [3.63, 3.8) is 0 Å². The zero-order valence-corrected chi connectivity index (χ0v) is 12.5. The van der Waals surface area contributed by atoms with Crippen LogP contribution in [-0.4, -0.2) is 14.2 Å². The molecule has 0 aliphatic rings. The van der Waals surface area contributed by atoms with E-state index in [1.165, 1.54) is 13.2 Å². The van der Waals surface area contributed by atoms with Crippen LogP contribution in [0, 0.1) is 11.6 Å². The monoisotopic (exact) mass is 311 g/mol. The second-order valence-electron chi connectivity index (χ2n) is 4.64. The Bertz CT molecular complexity index is 634. The maximum absolute atomic E-state index is 14.2. The molecule has 1 unspecified atom stereocenters. The van der Waals surface area contributed by atoms with Crippen molar-refractivity contribution in [2.24, 2.45) is 0 Å². The molecule has 2 nitrogen and oxygen atoms in total. The molecular formula is C16H16ClF2NO. The normalized spacial score (nSPS) is 12.2. The highest BCUT2D eigenvalue weighted by atomic mass is 35.5. The van der Waals surface area contributed by atoms with E-state index in [9.17, 15) is 8.78 Å². The Kier molecular flexibility index (Phi) is 5.15. The van der Waals surface area contributed by atoms with Crippen molar-refractivity contribution in [1.82, 2.24) is 5.32 Å². The number of benzene rings is 2. The summed E-state index contributed by atoms with van der Waals surface area (Å²) in [4.78, 5) is 0. The first-order chi connectivity index (χ1) is 10.1. The molecule has 0 spiro atoms. The van der Waals surface area contributed by atoms with E-state index in [1.807, 2.05) is 0 Å². The van der Waals surface area contributed by atoms with Crippen molar-refractivity contribution in [1.29, 1.82) is 0 Å². The van der Waals surface area contributed by atoms with Crippen molar-refractivity contribution in [3.8, 4) is 5.75 Å². The summed E-state index contributed by atoms with van der Waals surface area (Å²) in [7, 11) is 3.12. The Morgan fingerprint density at radius 1 is 1.24 bits per heavy atom. The van der Waals surface area contributed by atoms with E-state index >= 15 is 0 Å². The van der Waals surface area contributed by atoms with Gasteiger partial charge in [-0.2, -0.15) is 0 Å². The van der Waals surface area contributed by atoms with Gasteiger partial charge in [0.1, 0.15) is 5.82 Å². The van der Waals surface area contributed by atoms with Crippen LogP contribution >= 0.6 is 11.6 Å². The lowest BCUT2D eigenvalue weighted by Gasteiger charge is -2.18. The minimum absolute atomic E-state index is 0.180. The van der Waals surface area contributed by atoms with Gasteiger partial charge < -0.3 is 10.1 Å². The molecule has 0 radical (unpaired) electrons. The van der Waals surface area contributed by atoms with Crippen molar-refractivity contribution in [2.45, 2.75) is 12.5 Å². The molecule has 0 bridgehead atoms. The molecule has 0 aliphatic heterocycles. The lowest BCUT2D eigenvalue weighted by Crippen LogP contribution is -2.20. The predicted molar refractivity (Wildman–Crippen MR) is 79.9 cm³/mol. The van der Waals surface area contributed by atoms with E-state index in [1.54, 1.807) is 37.4 Å². The summed E-state index contributed by atoms with van der Waals surface area (Å²) >= 11 is 5.75. The SMILES string of the molecule is CNC(Cc1cccc(OC)c1F)c1ccc(Cl)cc1F. The summed E-state index contributed by atoms with van der Waals surface area (Å²) in [6.07, 6.45) is 0.304. The lowest BCUT2D eigenvalue weighted by molar-refractivity contribution is 0.382. The van der Waals surface area contributed by atoms with Crippen LogP contribution in [0.15, 0.2) is 36.4 Å². The van der Waals surface area contributed by atoms with Crippen molar-refractivity contribution in [2.75, 3.05) is 14.2 Å². The van der Waals surface area contributed by atoms with Gasteiger partial charge in [-0.3, -0.25) is 0 Å². The maximum atomic E-state index is 14.2. The first kappa shape index (κ1) is 15.7. The number of methoxy groups -OCH3 is 1. The summed E-state index contributed by atoms with van der Waals surface area (Å²) in [6, 6.07) is 9.05. The number of hydrogen-bond donors (Lipinski definition) is 1. The number of likely N-dealkylation sites (N-methyl/N-ethyl adjacent to an activating group) is 1. The van der Waals surface area contributed by atoms with Gasteiger partial charge in [0.05, 0.1) is 7.11 Å². The van der Waals surface area contributed by atoms with Crippen LogP contribution in [0.1, 0.15) is 17.2 Å². The quantitative estimate of drug-likeness (QED) is 0.896. The molecular weight excluding hydrogens is 296 g/mol. The molecule has 2 aromatic carbocycles.